The van der Waals surface area contributed by atoms with Gasteiger partial charge in [0.25, 0.3) is 5.91 Å². The standard InChI is InChI=1S/C21H33FN4O/c1-6-23-13-21(14-24-7-2)11-19(17-8-9-18(22)16(5)10-17)25-26(20(21)27)12-15(3)4/h8-11,15,23-25H,6-7,12-14H2,1-5H3. The minimum absolute atomic E-state index is 0.0562. The van der Waals surface area contributed by atoms with E-state index >= 15 is 0 Å². The molecule has 0 aromatic heterocycles. The Hall–Kier alpha value is -1.92. The molecule has 150 valence electrons. The number of carbonyl (C=O) groups excluding carboxylic acids is 1. The third-order valence-corrected chi connectivity index (χ3v) is 4.74. The fourth-order valence-electron chi connectivity index (χ4n) is 3.30. The fourth-order valence-corrected chi connectivity index (χ4v) is 3.30. The van der Waals surface area contributed by atoms with Gasteiger partial charge < -0.3 is 10.6 Å². The number of hydrazine groups is 1. The Balaban J connectivity index is 2.50. The molecule has 3 N–H and O–H groups in total. The largest absolute Gasteiger partial charge is 0.316 e. The maximum atomic E-state index is 13.7. The van der Waals surface area contributed by atoms with Crippen LogP contribution in [0.15, 0.2) is 24.3 Å². The van der Waals surface area contributed by atoms with Gasteiger partial charge in [-0.3, -0.25) is 15.2 Å². The third kappa shape index (κ3) is 5.08. The quantitative estimate of drug-likeness (QED) is 0.620. The van der Waals surface area contributed by atoms with Crippen LogP contribution in [0, 0.1) is 24.1 Å². The molecule has 2 rings (SSSR count). The number of halogens is 1. The van der Waals surface area contributed by atoms with Crippen LogP contribution in [0.5, 0.6) is 0 Å². The van der Waals surface area contributed by atoms with Gasteiger partial charge in [-0.15, -0.1) is 0 Å². The molecule has 0 radical (unpaired) electrons. The second-order valence-corrected chi connectivity index (χ2v) is 7.66. The van der Waals surface area contributed by atoms with E-state index in [9.17, 15) is 9.18 Å². The summed E-state index contributed by atoms with van der Waals surface area (Å²) in [5, 5.41) is 8.40. The first-order valence-electron chi connectivity index (χ1n) is 9.82. The van der Waals surface area contributed by atoms with Crippen molar-refractivity contribution in [2.75, 3.05) is 32.7 Å². The Kier molecular flexibility index (Phi) is 7.39. The smallest absolute Gasteiger partial charge is 0.253 e. The number of carbonyl (C=O) groups is 1. The van der Waals surface area contributed by atoms with E-state index in [4.69, 9.17) is 0 Å². The van der Waals surface area contributed by atoms with Crippen molar-refractivity contribution >= 4 is 11.6 Å². The second kappa shape index (κ2) is 9.33. The van der Waals surface area contributed by atoms with E-state index < -0.39 is 5.41 Å². The van der Waals surface area contributed by atoms with Crippen molar-refractivity contribution in [3.63, 3.8) is 0 Å². The maximum Gasteiger partial charge on any atom is 0.253 e. The van der Waals surface area contributed by atoms with Crippen LogP contribution in [0.1, 0.15) is 38.8 Å². The first-order chi connectivity index (χ1) is 12.8. The zero-order valence-electron chi connectivity index (χ0n) is 17.2. The van der Waals surface area contributed by atoms with Gasteiger partial charge in [0.15, 0.2) is 0 Å². The highest BCUT2D eigenvalue weighted by Gasteiger charge is 2.43. The van der Waals surface area contributed by atoms with Gasteiger partial charge in [-0.05, 0) is 61.3 Å². The van der Waals surface area contributed by atoms with Gasteiger partial charge in [-0.25, -0.2) is 4.39 Å². The molecule has 1 aliphatic rings. The lowest BCUT2D eigenvalue weighted by Gasteiger charge is -2.42. The molecule has 27 heavy (non-hydrogen) atoms. The average molecular weight is 377 g/mol. The predicted octanol–water partition coefficient (Wildman–Crippen LogP) is 2.68. The van der Waals surface area contributed by atoms with Crippen molar-refractivity contribution in [1.29, 1.82) is 0 Å². The number of rotatable bonds is 9. The average Bonchev–Trinajstić information content (AvgIpc) is 2.63. The Bertz CT molecular complexity index is 679. The monoisotopic (exact) mass is 376 g/mol. The van der Waals surface area contributed by atoms with Crippen LogP contribution in [-0.2, 0) is 4.79 Å². The Labute approximate surface area is 162 Å². The van der Waals surface area contributed by atoms with Crippen LogP contribution in [0.4, 0.5) is 4.39 Å². The lowest BCUT2D eigenvalue weighted by atomic mass is 9.82. The summed E-state index contributed by atoms with van der Waals surface area (Å²) in [6.45, 7) is 13.3. The Morgan fingerprint density at radius 2 is 1.81 bits per heavy atom. The fraction of sp³-hybridized carbons (Fsp3) is 0.571. The molecule has 5 nitrogen and oxygen atoms in total. The molecule has 1 aromatic rings. The van der Waals surface area contributed by atoms with Crippen LogP contribution in [0.25, 0.3) is 5.70 Å². The molecule has 1 aliphatic heterocycles. The third-order valence-electron chi connectivity index (χ3n) is 4.74. The second-order valence-electron chi connectivity index (χ2n) is 7.66. The van der Waals surface area contributed by atoms with Crippen LogP contribution < -0.4 is 16.1 Å². The van der Waals surface area contributed by atoms with Crippen molar-refractivity contribution in [2.24, 2.45) is 11.3 Å². The van der Waals surface area contributed by atoms with Crippen LogP contribution in [-0.4, -0.2) is 43.6 Å². The van der Waals surface area contributed by atoms with E-state index in [1.165, 1.54) is 6.07 Å². The topological polar surface area (TPSA) is 56.4 Å². The molecule has 0 aliphatic carbocycles. The summed E-state index contributed by atoms with van der Waals surface area (Å²) in [4.78, 5) is 13.4. The first-order valence-corrected chi connectivity index (χ1v) is 9.82. The summed E-state index contributed by atoms with van der Waals surface area (Å²) in [5.74, 6) is 0.157. The normalized spacial score (nSPS) is 16.5. The number of nitrogens with one attached hydrogen (secondary N) is 3. The highest BCUT2D eigenvalue weighted by atomic mass is 19.1. The lowest BCUT2D eigenvalue weighted by molar-refractivity contribution is -0.143. The van der Waals surface area contributed by atoms with Gasteiger partial charge in [0, 0.05) is 19.6 Å². The molecule has 0 saturated heterocycles. The van der Waals surface area contributed by atoms with Crippen molar-refractivity contribution < 1.29 is 9.18 Å². The lowest BCUT2D eigenvalue weighted by Crippen LogP contribution is -2.60. The van der Waals surface area contributed by atoms with Gasteiger partial charge in [0.05, 0.1) is 11.1 Å². The van der Waals surface area contributed by atoms with Crippen molar-refractivity contribution in [3.05, 3.63) is 41.2 Å². The molecule has 0 fully saturated rings. The molecule has 0 atom stereocenters. The molecule has 0 bridgehead atoms. The molecule has 1 heterocycles. The van der Waals surface area contributed by atoms with Gasteiger partial charge in [-0.1, -0.05) is 27.7 Å². The Morgan fingerprint density at radius 3 is 2.33 bits per heavy atom. The van der Waals surface area contributed by atoms with E-state index in [1.54, 1.807) is 18.0 Å². The summed E-state index contributed by atoms with van der Waals surface area (Å²) < 4.78 is 13.7. The number of aryl methyl sites for hydroxylation is 1. The molecule has 0 saturated carbocycles. The highest BCUT2D eigenvalue weighted by molar-refractivity contribution is 5.90. The number of hydrogen-bond acceptors (Lipinski definition) is 4. The van der Waals surface area contributed by atoms with Gasteiger partial charge in [0.2, 0.25) is 0 Å². The van der Waals surface area contributed by atoms with Crippen molar-refractivity contribution in [1.82, 2.24) is 21.1 Å². The minimum atomic E-state index is -0.691. The van der Waals surface area contributed by atoms with Crippen molar-refractivity contribution in [2.45, 2.75) is 34.6 Å². The van der Waals surface area contributed by atoms with E-state index in [2.05, 4.69) is 29.9 Å². The Morgan fingerprint density at radius 1 is 1.19 bits per heavy atom. The van der Waals surface area contributed by atoms with E-state index in [-0.39, 0.29) is 11.7 Å². The van der Waals surface area contributed by atoms with Gasteiger partial charge in [0.1, 0.15) is 5.82 Å². The van der Waals surface area contributed by atoms with Gasteiger partial charge >= 0.3 is 0 Å². The molecule has 0 unspecified atom stereocenters. The zero-order chi connectivity index (χ0) is 20.0. The molecular weight excluding hydrogens is 343 g/mol. The number of hydrogen-bond donors (Lipinski definition) is 3. The summed E-state index contributed by atoms with van der Waals surface area (Å²) in [5.41, 5.74) is 4.89. The minimum Gasteiger partial charge on any atom is -0.316 e. The van der Waals surface area contributed by atoms with E-state index in [0.29, 0.717) is 31.1 Å². The predicted molar refractivity (Wildman–Crippen MR) is 108 cm³/mol. The molecule has 0 spiro atoms. The number of amides is 1. The number of benzene rings is 1. The maximum absolute atomic E-state index is 13.7. The van der Waals surface area contributed by atoms with Gasteiger partial charge in [-0.2, -0.15) is 0 Å². The van der Waals surface area contributed by atoms with Crippen molar-refractivity contribution in [3.8, 4) is 0 Å². The molecule has 6 heteroatoms. The number of nitrogens with zero attached hydrogens (tertiary/aromatic N) is 1. The van der Waals surface area contributed by atoms with E-state index in [0.717, 1.165) is 24.4 Å². The summed E-state index contributed by atoms with van der Waals surface area (Å²) >= 11 is 0. The first kappa shape index (κ1) is 21.4. The van der Waals surface area contributed by atoms with Crippen LogP contribution in [0.3, 0.4) is 0 Å². The van der Waals surface area contributed by atoms with Crippen LogP contribution in [0.2, 0.25) is 0 Å². The highest BCUT2D eigenvalue weighted by Crippen LogP contribution is 2.31. The van der Waals surface area contributed by atoms with Crippen LogP contribution >= 0.6 is 0 Å². The molecule has 1 amide bonds. The van der Waals surface area contributed by atoms with E-state index in [1.807, 2.05) is 26.0 Å². The SMILES string of the molecule is CCNCC1(CNCC)C=C(c2ccc(F)c(C)c2)NN(CC(C)C)C1=O. The summed E-state index contributed by atoms with van der Waals surface area (Å²) in [7, 11) is 0. The zero-order valence-corrected chi connectivity index (χ0v) is 17.2. The molecule has 1 aromatic carbocycles. The summed E-state index contributed by atoms with van der Waals surface area (Å²) in [6, 6.07) is 5.06. The molecular formula is C21H33FN4O. The summed E-state index contributed by atoms with van der Waals surface area (Å²) in [6.07, 6.45) is 2.00.